The average Bonchev–Trinajstić information content (AvgIpc) is 2.81. The molecule has 124 valence electrons. The van der Waals surface area contributed by atoms with Crippen LogP contribution in [0.3, 0.4) is 0 Å². The van der Waals surface area contributed by atoms with E-state index in [0.717, 1.165) is 17.0 Å². The third-order valence-corrected chi connectivity index (χ3v) is 4.98. The zero-order valence-corrected chi connectivity index (χ0v) is 15.3. The van der Waals surface area contributed by atoms with Crippen molar-refractivity contribution in [2.45, 2.75) is 52.6 Å². The van der Waals surface area contributed by atoms with E-state index in [0.29, 0.717) is 5.92 Å². The van der Waals surface area contributed by atoms with Gasteiger partial charge >= 0.3 is 0 Å². The minimum atomic E-state index is 0. The second kappa shape index (κ2) is 6.45. The number of hydrogen-bond acceptors (Lipinski definition) is 2. The number of benzene rings is 2. The molecule has 0 fully saturated rings. The largest absolute Gasteiger partial charge is 0.489 e. The van der Waals surface area contributed by atoms with Crippen molar-refractivity contribution >= 4 is 18.1 Å². The summed E-state index contributed by atoms with van der Waals surface area (Å²) in [6, 6.07) is 11.0. The van der Waals surface area contributed by atoms with Gasteiger partial charge in [0.15, 0.2) is 0 Å². The van der Waals surface area contributed by atoms with Crippen molar-refractivity contribution in [3.05, 3.63) is 58.1 Å². The van der Waals surface area contributed by atoms with Crippen LogP contribution in [-0.2, 0) is 0 Å². The molecule has 2 nitrogen and oxygen atoms in total. The molecule has 0 unspecified atom stereocenters. The number of nitrogens with two attached hydrogens (primary N) is 1. The van der Waals surface area contributed by atoms with Crippen LogP contribution >= 0.6 is 12.4 Å². The lowest BCUT2D eigenvalue weighted by molar-refractivity contribution is 0.237. The predicted octanol–water partition coefficient (Wildman–Crippen LogP) is 5.34. The quantitative estimate of drug-likeness (QED) is 0.753. The van der Waals surface area contributed by atoms with Crippen LogP contribution in [0.25, 0.3) is 0 Å². The normalized spacial score (nSPS) is 19.2. The van der Waals surface area contributed by atoms with Gasteiger partial charge in [0.2, 0.25) is 0 Å². The van der Waals surface area contributed by atoms with Gasteiger partial charge in [-0.05, 0) is 55.0 Å². The molecule has 3 heteroatoms. The fourth-order valence-electron chi connectivity index (χ4n) is 3.38. The first-order chi connectivity index (χ1) is 10.4. The van der Waals surface area contributed by atoms with Crippen molar-refractivity contribution in [1.82, 2.24) is 0 Å². The standard InChI is InChI=1S/C20H25NO.ClH/c1-11(2)15-6-8-16(9-7-15)19-14(5)22-20-13(4)12(3)18(21)10-17(19)20;/h6-11,14,19H,21H2,1-5H3;1H/t14-,19-;/m1./s1. The molecule has 2 atom stereocenters. The second-order valence-corrected chi connectivity index (χ2v) is 6.76. The molecule has 0 saturated carbocycles. The molecular weight excluding hydrogens is 306 g/mol. The molecule has 2 aromatic carbocycles. The first-order valence-electron chi connectivity index (χ1n) is 8.06. The summed E-state index contributed by atoms with van der Waals surface area (Å²) in [5, 5.41) is 0. The molecule has 1 heterocycles. The Bertz CT molecular complexity index is 707. The molecular formula is C20H26ClNO. The summed E-state index contributed by atoms with van der Waals surface area (Å²) < 4.78 is 6.16. The summed E-state index contributed by atoms with van der Waals surface area (Å²) in [6.45, 7) is 10.7. The molecule has 0 radical (unpaired) electrons. The van der Waals surface area contributed by atoms with E-state index in [1.807, 2.05) is 0 Å². The maximum atomic E-state index is 6.19. The van der Waals surface area contributed by atoms with Crippen molar-refractivity contribution < 1.29 is 4.74 Å². The molecule has 1 aliphatic heterocycles. The van der Waals surface area contributed by atoms with Crippen LogP contribution in [0, 0.1) is 13.8 Å². The number of nitrogen functional groups attached to an aromatic ring is 1. The molecule has 0 amide bonds. The Kier molecular flexibility index (Phi) is 4.95. The van der Waals surface area contributed by atoms with Crippen molar-refractivity contribution in [3.8, 4) is 5.75 Å². The fraction of sp³-hybridized carbons (Fsp3) is 0.400. The van der Waals surface area contributed by atoms with Crippen LogP contribution < -0.4 is 10.5 Å². The van der Waals surface area contributed by atoms with Gasteiger partial charge in [0, 0.05) is 17.2 Å². The van der Waals surface area contributed by atoms with E-state index >= 15 is 0 Å². The number of halogens is 1. The average molecular weight is 332 g/mol. The third kappa shape index (κ3) is 2.92. The molecule has 0 aliphatic carbocycles. The van der Waals surface area contributed by atoms with Gasteiger partial charge in [-0.3, -0.25) is 0 Å². The molecule has 0 saturated heterocycles. The van der Waals surface area contributed by atoms with Crippen molar-refractivity contribution in [1.29, 1.82) is 0 Å². The van der Waals surface area contributed by atoms with Crippen molar-refractivity contribution in [2.24, 2.45) is 0 Å². The Morgan fingerprint density at radius 1 is 1.04 bits per heavy atom. The van der Waals surface area contributed by atoms with Gasteiger partial charge in [0.1, 0.15) is 11.9 Å². The maximum Gasteiger partial charge on any atom is 0.127 e. The highest BCUT2D eigenvalue weighted by Crippen LogP contribution is 2.46. The van der Waals surface area contributed by atoms with Gasteiger partial charge in [-0.25, -0.2) is 0 Å². The zero-order chi connectivity index (χ0) is 16.0. The second-order valence-electron chi connectivity index (χ2n) is 6.76. The molecule has 2 N–H and O–H groups in total. The Morgan fingerprint density at radius 3 is 2.22 bits per heavy atom. The SMILES string of the molecule is Cc1c(N)cc2c(c1C)O[C@H](C)[C@@H]2c1ccc(C(C)C)cc1.Cl. The third-order valence-electron chi connectivity index (χ3n) is 4.98. The minimum Gasteiger partial charge on any atom is -0.489 e. The summed E-state index contributed by atoms with van der Waals surface area (Å²) in [5.41, 5.74) is 13.2. The number of anilines is 1. The van der Waals surface area contributed by atoms with Gasteiger partial charge in [-0.2, -0.15) is 0 Å². The van der Waals surface area contributed by atoms with Gasteiger partial charge in [-0.15, -0.1) is 12.4 Å². The summed E-state index contributed by atoms with van der Waals surface area (Å²) in [4.78, 5) is 0. The summed E-state index contributed by atoms with van der Waals surface area (Å²) >= 11 is 0. The monoisotopic (exact) mass is 331 g/mol. The van der Waals surface area contributed by atoms with E-state index in [1.54, 1.807) is 0 Å². The highest BCUT2D eigenvalue weighted by atomic mass is 35.5. The van der Waals surface area contributed by atoms with Crippen LogP contribution in [0.15, 0.2) is 30.3 Å². The number of fused-ring (bicyclic) bond motifs is 1. The maximum absolute atomic E-state index is 6.19. The molecule has 2 aromatic rings. The topological polar surface area (TPSA) is 35.2 Å². The van der Waals surface area contributed by atoms with Gasteiger partial charge in [-0.1, -0.05) is 38.1 Å². The lowest BCUT2D eigenvalue weighted by atomic mass is 9.86. The Hall–Kier alpha value is -1.67. The van der Waals surface area contributed by atoms with Crippen LogP contribution in [0.5, 0.6) is 5.75 Å². The first kappa shape index (κ1) is 17.7. The molecule has 0 bridgehead atoms. The number of hydrogen-bond donors (Lipinski definition) is 1. The van der Waals surface area contributed by atoms with Crippen molar-refractivity contribution in [2.75, 3.05) is 5.73 Å². The van der Waals surface area contributed by atoms with Gasteiger partial charge < -0.3 is 10.5 Å². The predicted molar refractivity (Wildman–Crippen MR) is 100 cm³/mol. The molecule has 1 aliphatic rings. The fourth-order valence-corrected chi connectivity index (χ4v) is 3.38. The van der Waals surface area contributed by atoms with Gasteiger partial charge in [0.05, 0.1) is 0 Å². The van der Waals surface area contributed by atoms with E-state index in [4.69, 9.17) is 10.5 Å². The molecule has 0 aromatic heterocycles. The number of rotatable bonds is 2. The summed E-state index contributed by atoms with van der Waals surface area (Å²) in [6.07, 6.45) is 0.139. The van der Waals surface area contributed by atoms with E-state index in [-0.39, 0.29) is 24.4 Å². The first-order valence-corrected chi connectivity index (χ1v) is 8.06. The summed E-state index contributed by atoms with van der Waals surface area (Å²) in [7, 11) is 0. The lowest BCUT2D eigenvalue weighted by Crippen LogP contribution is -2.15. The highest BCUT2D eigenvalue weighted by Gasteiger charge is 2.34. The highest BCUT2D eigenvalue weighted by molar-refractivity contribution is 5.85. The van der Waals surface area contributed by atoms with Crippen LogP contribution in [-0.4, -0.2) is 6.10 Å². The van der Waals surface area contributed by atoms with E-state index in [9.17, 15) is 0 Å². The van der Waals surface area contributed by atoms with E-state index < -0.39 is 0 Å². The van der Waals surface area contributed by atoms with E-state index in [2.05, 4.69) is 65.0 Å². The van der Waals surface area contributed by atoms with Gasteiger partial charge in [0.25, 0.3) is 0 Å². The molecule has 23 heavy (non-hydrogen) atoms. The zero-order valence-electron chi connectivity index (χ0n) is 14.5. The summed E-state index contributed by atoms with van der Waals surface area (Å²) in [5.74, 6) is 1.84. The van der Waals surface area contributed by atoms with Crippen LogP contribution in [0.2, 0.25) is 0 Å². The van der Waals surface area contributed by atoms with Crippen LogP contribution in [0.4, 0.5) is 5.69 Å². The van der Waals surface area contributed by atoms with E-state index in [1.165, 1.54) is 22.3 Å². The molecule has 3 rings (SSSR count). The van der Waals surface area contributed by atoms with Crippen LogP contribution in [0.1, 0.15) is 60.4 Å². The minimum absolute atomic E-state index is 0. The smallest absolute Gasteiger partial charge is 0.127 e. The Labute approximate surface area is 145 Å². The molecule has 0 spiro atoms. The Morgan fingerprint density at radius 2 is 1.65 bits per heavy atom. The van der Waals surface area contributed by atoms with Crippen molar-refractivity contribution in [3.63, 3.8) is 0 Å². The lowest BCUT2D eigenvalue weighted by Gasteiger charge is -2.17. The number of ether oxygens (including phenoxy) is 1. The Balaban J connectivity index is 0.00000192.